The second kappa shape index (κ2) is 30.7. The molecule has 7 amide bonds. The molecule has 550 valence electrons. The van der Waals surface area contributed by atoms with Gasteiger partial charge in [-0.05, 0) is 136 Å². The molecule has 101 heavy (non-hydrogen) atoms. The topological polar surface area (TPSA) is 331 Å². The molecule has 0 bridgehead atoms. The summed E-state index contributed by atoms with van der Waals surface area (Å²) in [4.78, 5) is 116. The second-order valence-corrected chi connectivity index (χ2v) is 30.8. The van der Waals surface area contributed by atoms with Crippen molar-refractivity contribution in [3.8, 4) is 5.75 Å². The van der Waals surface area contributed by atoms with Crippen LogP contribution in [0.1, 0.15) is 155 Å². The number of rotatable bonds is 8. The number of aromatic nitrogens is 2. The van der Waals surface area contributed by atoms with Gasteiger partial charge in [-0.15, -0.1) is 0 Å². The number of amides is 7. The van der Waals surface area contributed by atoms with Crippen LogP contribution in [0.15, 0.2) is 85.2 Å². The van der Waals surface area contributed by atoms with Crippen LogP contribution in [0.5, 0.6) is 5.75 Å². The molecular weight excluding hydrogens is 1380 g/mol. The van der Waals surface area contributed by atoms with Crippen molar-refractivity contribution in [2.45, 2.75) is 221 Å². The van der Waals surface area contributed by atoms with E-state index < -0.39 is 151 Å². The molecule has 2 aromatic heterocycles. The van der Waals surface area contributed by atoms with E-state index in [9.17, 15) is 83.3 Å². The van der Waals surface area contributed by atoms with Crippen LogP contribution in [0.2, 0.25) is 5.02 Å². The number of benzene rings is 2. The number of carboxylic acids is 1. The Morgan fingerprint density at radius 3 is 1.62 bits per heavy atom. The fraction of sp³-hybridized carbons (Fsp3) is 0.565. The zero-order valence-electron chi connectivity index (χ0n) is 56.6. The van der Waals surface area contributed by atoms with Gasteiger partial charge in [0, 0.05) is 54.4 Å². The molecule has 2 saturated heterocycles. The fourth-order valence-corrected chi connectivity index (χ4v) is 14.4. The molecule has 5 fully saturated rings. The normalized spacial score (nSPS) is 27.5. The van der Waals surface area contributed by atoms with E-state index in [1.807, 2.05) is 18.2 Å². The van der Waals surface area contributed by atoms with Gasteiger partial charge in [-0.25, -0.2) is 22.8 Å². The highest BCUT2D eigenvalue weighted by molar-refractivity contribution is 7.91. The summed E-state index contributed by atoms with van der Waals surface area (Å²) >= 11 is 5.77. The van der Waals surface area contributed by atoms with Crippen molar-refractivity contribution >= 4 is 91.1 Å². The monoisotopic (exact) mass is 1460 g/mol. The third-order valence-electron chi connectivity index (χ3n) is 18.2. The van der Waals surface area contributed by atoms with Crippen LogP contribution in [-0.4, -0.2) is 163 Å². The summed E-state index contributed by atoms with van der Waals surface area (Å²) in [5.74, 6) is -5.19. The number of alkyl halides is 6. The van der Waals surface area contributed by atoms with E-state index >= 15 is 0 Å². The minimum absolute atomic E-state index is 0.00688. The maximum absolute atomic E-state index is 14.4. The number of allylic oxidation sites excluding steroid dienone is 2. The van der Waals surface area contributed by atoms with Gasteiger partial charge in [0.25, 0.3) is 5.91 Å². The maximum atomic E-state index is 14.4. The van der Waals surface area contributed by atoms with Crippen LogP contribution < -0.4 is 30.7 Å². The van der Waals surface area contributed by atoms with Crippen LogP contribution in [-0.2, 0) is 60.6 Å². The number of nitrogens with one attached hydrogen (secondary N) is 5. The van der Waals surface area contributed by atoms with E-state index in [4.69, 9.17) is 25.8 Å². The zero-order valence-corrected chi connectivity index (χ0v) is 58.1. The Kier molecular flexibility index (Phi) is 23.4. The molecule has 0 radical (unpaired) electrons. The predicted octanol–water partition coefficient (Wildman–Crippen LogP) is 9.73. The van der Waals surface area contributed by atoms with Crippen LogP contribution in [0.3, 0.4) is 0 Å². The average Bonchev–Trinajstić information content (AvgIpc) is 1.58. The van der Waals surface area contributed by atoms with Gasteiger partial charge >= 0.3 is 30.5 Å². The van der Waals surface area contributed by atoms with E-state index in [1.54, 1.807) is 47.6 Å². The first-order chi connectivity index (χ1) is 47.3. The van der Waals surface area contributed by atoms with E-state index in [0.29, 0.717) is 50.3 Å². The number of sulfonamides is 1. The summed E-state index contributed by atoms with van der Waals surface area (Å²) in [7, 11) is -3.95. The van der Waals surface area contributed by atoms with E-state index in [2.05, 4.69) is 36.0 Å². The van der Waals surface area contributed by atoms with Gasteiger partial charge in [0.05, 0.1) is 45.1 Å². The number of hydrogen-bond donors (Lipinski definition) is 7. The van der Waals surface area contributed by atoms with Crippen LogP contribution in [0.4, 0.5) is 35.9 Å². The summed E-state index contributed by atoms with van der Waals surface area (Å²) in [6.45, 7) is 9.94. The molecule has 32 heteroatoms. The van der Waals surface area contributed by atoms with Crippen LogP contribution >= 0.6 is 11.6 Å². The van der Waals surface area contributed by atoms with Gasteiger partial charge in [0.1, 0.15) is 58.3 Å². The molecule has 7 N–H and O–H groups in total. The molecule has 3 aliphatic carbocycles. The van der Waals surface area contributed by atoms with Gasteiger partial charge in [-0.3, -0.25) is 38.7 Å². The third kappa shape index (κ3) is 19.3. The number of carbonyl (C=O) groups is 8. The van der Waals surface area contributed by atoms with Crippen LogP contribution in [0, 0.1) is 11.8 Å². The molecule has 2 unspecified atom stereocenters. The van der Waals surface area contributed by atoms with Gasteiger partial charge in [-0.1, -0.05) is 79.8 Å². The van der Waals surface area contributed by atoms with Gasteiger partial charge in [0.15, 0.2) is 0 Å². The number of carbonyl (C=O) groups excluding carboxylic acids is 7. The number of hydrogen-bond acceptors (Lipinski definition) is 16. The molecule has 2 aromatic carbocycles. The second-order valence-electron chi connectivity index (χ2n) is 28.4. The number of para-hydroxylation sites is 2. The SMILES string of the molecule is CC(C)(C)OC(=O)N[C@H]1CCCCC/C=C\C2C[C@@]2(C(=O)NS(=O)(=O)C2CC2)NC(=O)[C@@H]2C[C@@H](Oc3ccnc4c(C(F)(F)F)cccc34)CN2C1=O.CC(C)(C)OC(=O)N[C@H]1CCCCC/C=C\C2C[C@@]2(C(=O)O)NC(=O)[C@@H]2C[C@@H](O)CN2C1=O.FC(F)(F)c1cccc2c(Cl)ccnc12. The fourth-order valence-electron chi connectivity index (χ4n) is 12.9. The van der Waals surface area contributed by atoms with Gasteiger partial charge < -0.3 is 55.5 Å². The number of ether oxygens (including phenoxy) is 3. The lowest BCUT2D eigenvalue weighted by Gasteiger charge is -2.30. The molecule has 4 aliphatic heterocycles. The average molecular weight is 1460 g/mol. The van der Waals surface area contributed by atoms with Crippen molar-refractivity contribution in [1.82, 2.24) is 45.8 Å². The lowest BCUT2D eigenvalue weighted by molar-refractivity contribution is -0.145. The first-order valence-corrected chi connectivity index (χ1v) is 35.5. The Morgan fingerprint density at radius 1 is 0.634 bits per heavy atom. The van der Waals surface area contributed by atoms with Crippen LogP contribution in [0.25, 0.3) is 21.8 Å². The lowest BCUT2D eigenvalue weighted by Crippen LogP contribution is -2.58. The smallest absolute Gasteiger partial charge is 0.418 e. The summed E-state index contributed by atoms with van der Waals surface area (Å²) in [5, 5.41) is 30.6. The number of halogens is 7. The quantitative estimate of drug-likeness (QED) is 0.0637. The lowest BCUT2D eigenvalue weighted by atomic mass is 10.0. The molecule has 4 aromatic rings. The number of carboxylic acid groups (broad SMARTS) is 1. The maximum Gasteiger partial charge on any atom is 0.418 e. The van der Waals surface area contributed by atoms with Crippen molar-refractivity contribution in [2.24, 2.45) is 11.8 Å². The number of aliphatic hydroxyl groups is 1. The Balaban J connectivity index is 0.000000208. The largest absolute Gasteiger partial charge is 0.488 e. The highest BCUT2D eigenvalue weighted by Crippen LogP contribution is 2.48. The Labute approximate surface area is 584 Å². The molecule has 7 aliphatic rings. The van der Waals surface area contributed by atoms with Crippen molar-refractivity contribution < 1.29 is 97.5 Å². The van der Waals surface area contributed by atoms with Crippen molar-refractivity contribution in [3.63, 3.8) is 0 Å². The number of alkyl carbamates (subject to hydrolysis) is 2. The molecule has 3 saturated carbocycles. The van der Waals surface area contributed by atoms with Crippen molar-refractivity contribution in [1.29, 1.82) is 0 Å². The predicted molar refractivity (Wildman–Crippen MR) is 356 cm³/mol. The first-order valence-electron chi connectivity index (χ1n) is 33.6. The van der Waals surface area contributed by atoms with E-state index in [1.165, 1.54) is 58.6 Å². The minimum atomic E-state index is -4.68. The molecule has 10 atom stereocenters. The van der Waals surface area contributed by atoms with Gasteiger partial charge in [-0.2, -0.15) is 26.3 Å². The van der Waals surface area contributed by atoms with Crippen molar-refractivity contribution in [3.05, 3.63) is 101 Å². The molecule has 24 nitrogen and oxygen atoms in total. The minimum Gasteiger partial charge on any atom is -0.488 e. The third-order valence-corrected chi connectivity index (χ3v) is 20.4. The summed E-state index contributed by atoms with van der Waals surface area (Å²) in [6.07, 6.45) is 4.90. The highest BCUT2D eigenvalue weighted by Gasteiger charge is 2.63. The summed E-state index contributed by atoms with van der Waals surface area (Å²) in [5.41, 5.74) is -6.74. The number of fused-ring (bicyclic) bond motifs is 6. The highest BCUT2D eigenvalue weighted by atomic mass is 35.5. The molecule has 11 rings (SSSR count). The molecule has 6 heterocycles. The molecular formula is C69H84ClF6N9O15S. The standard InChI is InChI=1S/C36H44F3N5O8S.C23H35N3O7.C10H5ClF3N/c1-34(2,3)52-33(48)41-26-13-8-6-4-5-7-10-21-19-35(21,32(47)43-53(49,50)23-14-15-23)42-30(45)27-18-22(20-44(27)31(26)46)51-28-16-17-40-29-24(28)11-9-12-25(29)36(37,38)39;1-22(2,3)33-21(32)24-16-10-8-6-4-5-7-9-14-12-23(14,20(30)31)25-18(28)17-11-15(27)13-26(17)19(16)29;11-8-4-5-15-9-6(8)2-1-3-7(9)10(12,13)14/h7,9-12,16-17,21-23,26-27H,4-6,8,13-15,18-20H2,1-3H3,(H,41,48)(H,42,45)(H,43,47);7,9,14-17,27H,4-6,8,10-13H2,1-3H3,(H,24,32)(H,25,28)(H,30,31);1-5H/b10-7-;9-7-;/t21?,22-,26+,27+,35-;14?,15-,16+,17+,23-;/m11./s1. The van der Waals surface area contributed by atoms with Gasteiger partial charge in [0.2, 0.25) is 33.7 Å². The summed E-state index contributed by atoms with van der Waals surface area (Å²) in [6, 6.07) is 5.97. The Hall–Kier alpha value is -8.32. The number of pyridine rings is 2. The number of nitrogens with zero attached hydrogens (tertiary/aromatic N) is 4. The Bertz CT molecular complexity index is 3980. The molecule has 0 spiro atoms. The first kappa shape index (κ1) is 76.9. The zero-order chi connectivity index (χ0) is 73.8. The van der Waals surface area contributed by atoms with E-state index in [-0.39, 0.29) is 78.3 Å². The summed E-state index contributed by atoms with van der Waals surface area (Å²) < 4.78 is 124. The van der Waals surface area contributed by atoms with E-state index in [0.717, 1.165) is 37.8 Å². The number of aliphatic hydroxyl groups excluding tert-OH is 1. The number of aliphatic carboxylic acids is 1. The van der Waals surface area contributed by atoms with Crippen molar-refractivity contribution in [2.75, 3.05) is 13.1 Å². The Morgan fingerprint density at radius 2 is 1.11 bits per heavy atom.